The molecule has 0 atom stereocenters. The summed E-state index contributed by atoms with van der Waals surface area (Å²) in [4.78, 5) is 18.6. The van der Waals surface area contributed by atoms with Gasteiger partial charge >= 0.3 is 0 Å². The zero-order valence-corrected chi connectivity index (χ0v) is 20.1. The number of pyridine rings is 3. The quantitative estimate of drug-likeness (QED) is 0.461. The topological polar surface area (TPSA) is 101 Å². The maximum Gasteiger partial charge on any atom is 0.131 e. The Morgan fingerprint density at radius 1 is 0.943 bits per heavy atom. The van der Waals surface area contributed by atoms with Crippen LogP contribution < -0.4 is 16.0 Å². The number of rotatable bonds is 5. The van der Waals surface area contributed by atoms with Gasteiger partial charge in [0.05, 0.1) is 17.9 Å². The average molecular weight is 468 g/mol. The van der Waals surface area contributed by atoms with Crippen LogP contribution in [0.2, 0.25) is 0 Å². The zero-order valence-electron chi connectivity index (χ0n) is 20.1. The van der Waals surface area contributed by atoms with Crippen molar-refractivity contribution in [2.75, 3.05) is 49.2 Å². The summed E-state index contributed by atoms with van der Waals surface area (Å²) < 4.78 is 1.66. The number of aromatic nitrogens is 5. The van der Waals surface area contributed by atoms with Crippen LogP contribution in [0.25, 0.3) is 27.7 Å². The number of allylic oxidation sites excluding steroid dienone is 1. The van der Waals surface area contributed by atoms with Crippen molar-refractivity contribution in [3.05, 3.63) is 60.2 Å². The van der Waals surface area contributed by atoms with Gasteiger partial charge in [-0.1, -0.05) is 0 Å². The Morgan fingerprint density at radius 3 is 2.51 bits per heavy atom. The fourth-order valence-electron chi connectivity index (χ4n) is 4.50. The first-order valence-electron chi connectivity index (χ1n) is 12.0. The van der Waals surface area contributed by atoms with E-state index in [1.54, 1.807) is 10.9 Å². The van der Waals surface area contributed by atoms with E-state index in [1.165, 1.54) is 5.57 Å². The highest BCUT2D eigenvalue weighted by atomic mass is 15.3. The zero-order chi connectivity index (χ0) is 23.9. The Balaban J connectivity index is 1.30. The number of piperazine rings is 1. The number of nitrogens with one attached hydrogen (secondary N) is 1. The Labute approximate surface area is 204 Å². The molecule has 178 valence electrons. The lowest BCUT2D eigenvalue weighted by atomic mass is 10.1. The van der Waals surface area contributed by atoms with Gasteiger partial charge in [-0.05, 0) is 49.7 Å². The standard InChI is InChI=1S/C26H29N9/c1-33-7-9-35(10-8-33)24-13-18(5-6-28-24)25(17-3-4-17)32-23-12-19-11-20(14-29-22(19)16-30-23)21-15-31-34(2)26(21)27/h5-6,11-16H,3-4,7-10,27H2,1-2H3,(H,30,32). The SMILES string of the molecule is CN1CCN(c2cc(C(Nc3cc4cc(-c5cnn(C)c5N)cnc4cn3)=C3CC3)ccn2)CC1. The maximum absolute atomic E-state index is 6.18. The number of nitrogen functional groups attached to an aromatic ring is 1. The van der Waals surface area contributed by atoms with Gasteiger partial charge in [-0.15, -0.1) is 0 Å². The molecule has 4 aromatic heterocycles. The Hall–Kier alpha value is -3.98. The van der Waals surface area contributed by atoms with Gasteiger partial charge in [0, 0.05) is 73.4 Å². The van der Waals surface area contributed by atoms with Gasteiger partial charge in [-0.3, -0.25) is 9.67 Å². The minimum atomic E-state index is 0.619. The summed E-state index contributed by atoms with van der Waals surface area (Å²) in [5.74, 6) is 2.45. The van der Waals surface area contributed by atoms with E-state index < -0.39 is 0 Å². The number of nitrogens with two attached hydrogens (primary N) is 1. The lowest BCUT2D eigenvalue weighted by Gasteiger charge is -2.33. The molecule has 0 bridgehead atoms. The first-order valence-corrected chi connectivity index (χ1v) is 12.0. The second-order valence-electron chi connectivity index (χ2n) is 9.35. The molecule has 5 heterocycles. The van der Waals surface area contributed by atoms with Crippen LogP contribution in [0.15, 0.2) is 54.6 Å². The summed E-state index contributed by atoms with van der Waals surface area (Å²) in [5.41, 5.74) is 12.5. The summed E-state index contributed by atoms with van der Waals surface area (Å²) in [6, 6.07) is 8.41. The average Bonchev–Trinajstić information content (AvgIpc) is 3.67. The highest BCUT2D eigenvalue weighted by Crippen LogP contribution is 2.37. The van der Waals surface area contributed by atoms with Crippen molar-refractivity contribution in [1.29, 1.82) is 0 Å². The molecular weight excluding hydrogens is 438 g/mol. The van der Waals surface area contributed by atoms with Gasteiger partial charge < -0.3 is 20.9 Å². The van der Waals surface area contributed by atoms with Gasteiger partial charge in [-0.25, -0.2) is 9.97 Å². The molecule has 9 nitrogen and oxygen atoms in total. The molecule has 1 aliphatic heterocycles. The molecule has 1 saturated carbocycles. The van der Waals surface area contributed by atoms with Crippen molar-refractivity contribution >= 4 is 34.1 Å². The van der Waals surface area contributed by atoms with Crippen LogP contribution in [0, 0.1) is 0 Å². The fourth-order valence-corrected chi connectivity index (χ4v) is 4.50. The third-order valence-corrected chi connectivity index (χ3v) is 6.83. The van der Waals surface area contributed by atoms with Crippen molar-refractivity contribution in [1.82, 2.24) is 29.6 Å². The normalized spacial score (nSPS) is 16.1. The Bertz CT molecular complexity index is 1420. The summed E-state index contributed by atoms with van der Waals surface area (Å²) in [5, 5.41) is 8.86. The molecule has 1 saturated heterocycles. The van der Waals surface area contributed by atoms with Gasteiger partial charge in [0.25, 0.3) is 0 Å². The molecule has 35 heavy (non-hydrogen) atoms. The van der Waals surface area contributed by atoms with Crippen molar-refractivity contribution in [2.24, 2.45) is 7.05 Å². The largest absolute Gasteiger partial charge is 0.383 e. The summed E-state index contributed by atoms with van der Waals surface area (Å²) >= 11 is 0. The maximum atomic E-state index is 6.18. The lowest BCUT2D eigenvalue weighted by molar-refractivity contribution is 0.312. The van der Waals surface area contributed by atoms with Crippen LogP contribution in [-0.4, -0.2) is 62.9 Å². The van der Waals surface area contributed by atoms with Crippen LogP contribution in [0.4, 0.5) is 17.5 Å². The number of nitrogens with zero attached hydrogens (tertiary/aromatic N) is 7. The van der Waals surface area contributed by atoms with Crippen molar-refractivity contribution in [2.45, 2.75) is 12.8 Å². The van der Waals surface area contributed by atoms with E-state index in [9.17, 15) is 0 Å². The molecular formula is C26H29N9. The summed E-state index contributed by atoms with van der Waals surface area (Å²) in [6.45, 7) is 4.10. The first kappa shape index (κ1) is 21.5. The molecule has 2 aliphatic rings. The smallest absolute Gasteiger partial charge is 0.131 e. The Kier molecular flexibility index (Phi) is 5.33. The molecule has 0 unspecified atom stereocenters. The monoisotopic (exact) mass is 467 g/mol. The molecule has 2 fully saturated rings. The third-order valence-electron chi connectivity index (χ3n) is 6.83. The number of hydrogen-bond donors (Lipinski definition) is 2. The molecule has 0 amide bonds. The molecule has 9 heteroatoms. The molecule has 1 aliphatic carbocycles. The van der Waals surface area contributed by atoms with E-state index in [2.05, 4.69) is 60.4 Å². The van der Waals surface area contributed by atoms with Crippen LogP contribution in [0.5, 0.6) is 0 Å². The highest BCUT2D eigenvalue weighted by molar-refractivity contribution is 5.89. The van der Waals surface area contributed by atoms with E-state index in [0.29, 0.717) is 5.82 Å². The van der Waals surface area contributed by atoms with Crippen molar-refractivity contribution in [3.63, 3.8) is 0 Å². The molecule has 4 aromatic rings. The minimum absolute atomic E-state index is 0.619. The molecule has 0 spiro atoms. The van der Waals surface area contributed by atoms with E-state index in [0.717, 1.165) is 83.9 Å². The number of likely N-dealkylation sites (N-methyl/N-ethyl adjacent to an activating group) is 1. The molecule has 3 N–H and O–H groups in total. The van der Waals surface area contributed by atoms with Gasteiger partial charge in [0.2, 0.25) is 0 Å². The number of hydrogen-bond acceptors (Lipinski definition) is 8. The van der Waals surface area contributed by atoms with Crippen LogP contribution in [0.1, 0.15) is 18.4 Å². The molecule has 6 rings (SSSR count). The Morgan fingerprint density at radius 2 is 1.77 bits per heavy atom. The second kappa shape index (κ2) is 8.66. The van der Waals surface area contributed by atoms with Crippen LogP contribution in [-0.2, 0) is 7.05 Å². The molecule has 0 aromatic carbocycles. The van der Waals surface area contributed by atoms with Gasteiger partial charge in [-0.2, -0.15) is 5.10 Å². The van der Waals surface area contributed by atoms with Gasteiger partial charge in [0.15, 0.2) is 0 Å². The number of fused-ring (bicyclic) bond motifs is 1. The van der Waals surface area contributed by atoms with E-state index in [4.69, 9.17) is 5.73 Å². The fraction of sp³-hybridized carbons (Fsp3) is 0.308. The number of aryl methyl sites for hydroxylation is 1. The first-order chi connectivity index (χ1) is 17.0. The number of anilines is 3. The highest BCUT2D eigenvalue weighted by Gasteiger charge is 2.22. The predicted octanol–water partition coefficient (Wildman–Crippen LogP) is 3.38. The van der Waals surface area contributed by atoms with Crippen molar-refractivity contribution < 1.29 is 0 Å². The summed E-state index contributed by atoms with van der Waals surface area (Å²) in [7, 11) is 4.00. The van der Waals surface area contributed by atoms with E-state index in [-0.39, 0.29) is 0 Å². The minimum Gasteiger partial charge on any atom is -0.383 e. The van der Waals surface area contributed by atoms with Gasteiger partial charge in [0.1, 0.15) is 17.5 Å². The molecule has 0 radical (unpaired) electrons. The second-order valence-corrected chi connectivity index (χ2v) is 9.35. The van der Waals surface area contributed by atoms with Crippen LogP contribution in [0.3, 0.4) is 0 Å². The van der Waals surface area contributed by atoms with E-state index >= 15 is 0 Å². The summed E-state index contributed by atoms with van der Waals surface area (Å²) in [6.07, 6.45) is 9.53. The van der Waals surface area contributed by atoms with Crippen molar-refractivity contribution in [3.8, 4) is 11.1 Å². The predicted molar refractivity (Wildman–Crippen MR) is 140 cm³/mol. The van der Waals surface area contributed by atoms with E-state index in [1.807, 2.05) is 31.7 Å². The lowest BCUT2D eigenvalue weighted by Crippen LogP contribution is -2.44. The third kappa shape index (κ3) is 4.30. The van der Waals surface area contributed by atoms with Crippen LogP contribution >= 0.6 is 0 Å².